The van der Waals surface area contributed by atoms with Crippen molar-refractivity contribution in [1.82, 2.24) is 4.90 Å². The van der Waals surface area contributed by atoms with E-state index in [2.05, 4.69) is 0 Å². The molecule has 0 heterocycles. The summed E-state index contributed by atoms with van der Waals surface area (Å²) in [5.41, 5.74) is 0.743. The highest BCUT2D eigenvalue weighted by Crippen LogP contribution is 2.01. The molecule has 0 bridgehead atoms. The van der Waals surface area contributed by atoms with Crippen molar-refractivity contribution in [3.8, 4) is 0 Å². The second-order valence-electron chi connectivity index (χ2n) is 3.12. The van der Waals surface area contributed by atoms with Gasteiger partial charge in [-0.2, -0.15) is 0 Å². The average molecular weight is 207 g/mol. The molecule has 0 fully saturated rings. The van der Waals surface area contributed by atoms with E-state index in [9.17, 15) is 13.6 Å². The highest BCUT2D eigenvalue weighted by Gasteiger charge is 2.15. The minimum absolute atomic E-state index is 0.0625. The fraction of sp³-hybridized carbons (Fsp3) is 0.667. The Hall–Kier alpha value is -0.970. The maximum absolute atomic E-state index is 12.0. The first-order valence-corrected chi connectivity index (χ1v) is 4.30. The molecule has 1 N–H and O–H groups in total. The molecule has 0 aromatic rings. The minimum Gasteiger partial charge on any atom is -0.395 e. The van der Waals surface area contributed by atoms with Crippen molar-refractivity contribution >= 4 is 5.91 Å². The van der Waals surface area contributed by atoms with Gasteiger partial charge in [-0.1, -0.05) is 5.57 Å². The first-order valence-electron chi connectivity index (χ1n) is 4.30. The van der Waals surface area contributed by atoms with Crippen LogP contribution in [0.4, 0.5) is 8.78 Å². The standard InChI is InChI=1S/C9H15F2NO2/c1-7(2)5-9(14)12(3-4-13)6-8(10)11/h5,8,13H,3-4,6H2,1-2H3. The van der Waals surface area contributed by atoms with E-state index in [0.717, 1.165) is 10.5 Å². The highest BCUT2D eigenvalue weighted by molar-refractivity contribution is 5.88. The largest absolute Gasteiger partial charge is 0.395 e. The molecule has 0 aliphatic rings. The Balaban J connectivity index is 4.33. The molecule has 0 atom stereocenters. The van der Waals surface area contributed by atoms with Gasteiger partial charge in [-0.25, -0.2) is 8.78 Å². The fourth-order valence-electron chi connectivity index (χ4n) is 0.917. The van der Waals surface area contributed by atoms with Gasteiger partial charge in [0.2, 0.25) is 5.91 Å². The van der Waals surface area contributed by atoms with Gasteiger partial charge in [0, 0.05) is 12.6 Å². The predicted octanol–water partition coefficient (Wildman–Crippen LogP) is 1.04. The first-order chi connectivity index (χ1) is 6.47. The molecule has 0 saturated heterocycles. The van der Waals surface area contributed by atoms with E-state index in [0.29, 0.717) is 0 Å². The number of allylic oxidation sites excluding steroid dienone is 1. The number of aliphatic hydroxyl groups excluding tert-OH is 1. The van der Waals surface area contributed by atoms with Crippen molar-refractivity contribution in [3.63, 3.8) is 0 Å². The van der Waals surface area contributed by atoms with Crippen LogP contribution in [0.1, 0.15) is 13.8 Å². The van der Waals surface area contributed by atoms with Gasteiger partial charge in [0.25, 0.3) is 6.43 Å². The van der Waals surface area contributed by atoms with Gasteiger partial charge in [0.1, 0.15) is 0 Å². The molecule has 3 nitrogen and oxygen atoms in total. The van der Waals surface area contributed by atoms with Gasteiger partial charge in [0.05, 0.1) is 13.2 Å². The molecule has 0 saturated carbocycles. The Bertz CT molecular complexity index is 213. The number of alkyl halides is 2. The molecule has 82 valence electrons. The zero-order chi connectivity index (χ0) is 11.1. The summed E-state index contributed by atoms with van der Waals surface area (Å²) in [6.45, 7) is 2.40. The summed E-state index contributed by atoms with van der Waals surface area (Å²) in [7, 11) is 0. The monoisotopic (exact) mass is 207 g/mol. The van der Waals surface area contributed by atoms with Crippen molar-refractivity contribution in [2.45, 2.75) is 20.3 Å². The molecule has 0 aliphatic heterocycles. The summed E-state index contributed by atoms with van der Waals surface area (Å²) in [4.78, 5) is 12.2. The van der Waals surface area contributed by atoms with E-state index >= 15 is 0 Å². The summed E-state index contributed by atoms with van der Waals surface area (Å²) in [5, 5.41) is 8.57. The van der Waals surface area contributed by atoms with Crippen molar-refractivity contribution in [1.29, 1.82) is 0 Å². The number of rotatable bonds is 5. The third-order valence-electron chi connectivity index (χ3n) is 1.45. The van der Waals surface area contributed by atoms with E-state index in [1.165, 1.54) is 6.08 Å². The zero-order valence-corrected chi connectivity index (χ0v) is 8.33. The lowest BCUT2D eigenvalue weighted by Gasteiger charge is -2.19. The van der Waals surface area contributed by atoms with Gasteiger partial charge < -0.3 is 10.0 Å². The number of carbonyl (C=O) groups is 1. The lowest BCUT2D eigenvalue weighted by molar-refractivity contribution is -0.128. The average Bonchev–Trinajstić information content (AvgIpc) is 2.01. The topological polar surface area (TPSA) is 40.5 Å². The number of hydrogen-bond donors (Lipinski definition) is 1. The maximum atomic E-state index is 12.0. The van der Waals surface area contributed by atoms with Crippen LogP contribution in [0.25, 0.3) is 0 Å². The summed E-state index contributed by atoms with van der Waals surface area (Å²) < 4.78 is 24.0. The Morgan fingerprint density at radius 1 is 1.50 bits per heavy atom. The van der Waals surface area contributed by atoms with Gasteiger partial charge >= 0.3 is 0 Å². The van der Waals surface area contributed by atoms with Crippen molar-refractivity contribution in [2.24, 2.45) is 0 Å². The third-order valence-corrected chi connectivity index (χ3v) is 1.45. The van der Waals surface area contributed by atoms with E-state index in [-0.39, 0.29) is 13.2 Å². The number of halogens is 2. The molecule has 1 amide bonds. The van der Waals surface area contributed by atoms with Gasteiger partial charge in [0.15, 0.2) is 0 Å². The Morgan fingerprint density at radius 2 is 2.07 bits per heavy atom. The molecule has 0 spiro atoms. The number of nitrogens with zero attached hydrogens (tertiary/aromatic N) is 1. The number of hydrogen-bond acceptors (Lipinski definition) is 2. The first kappa shape index (κ1) is 13.0. The molecular formula is C9H15F2NO2. The lowest BCUT2D eigenvalue weighted by atomic mass is 10.3. The summed E-state index contributed by atoms with van der Waals surface area (Å²) >= 11 is 0. The van der Waals surface area contributed by atoms with Crippen LogP contribution < -0.4 is 0 Å². The van der Waals surface area contributed by atoms with Crippen LogP contribution in [0.2, 0.25) is 0 Å². The second kappa shape index (κ2) is 6.48. The highest BCUT2D eigenvalue weighted by atomic mass is 19.3. The van der Waals surface area contributed by atoms with E-state index in [1.807, 2.05) is 0 Å². The quantitative estimate of drug-likeness (QED) is 0.684. The van der Waals surface area contributed by atoms with Crippen LogP contribution in [0, 0.1) is 0 Å². The van der Waals surface area contributed by atoms with Crippen LogP contribution >= 0.6 is 0 Å². The summed E-state index contributed by atoms with van der Waals surface area (Å²) in [5.74, 6) is -0.487. The molecule has 0 rings (SSSR count). The van der Waals surface area contributed by atoms with Gasteiger partial charge in [-0.15, -0.1) is 0 Å². The van der Waals surface area contributed by atoms with Crippen LogP contribution in [0.3, 0.4) is 0 Å². The van der Waals surface area contributed by atoms with Crippen LogP contribution in [0.15, 0.2) is 11.6 Å². The predicted molar refractivity (Wildman–Crippen MR) is 49.1 cm³/mol. The molecule has 14 heavy (non-hydrogen) atoms. The second-order valence-corrected chi connectivity index (χ2v) is 3.12. The molecule has 0 aromatic heterocycles. The lowest BCUT2D eigenvalue weighted by Crippen LogP contribution is -2.36. The normalized spacial score (nSPS) is 10.1. The Labute approximate surface area is 82.0 Å². The number of carbonyl (C=O) groups excluding carboxylic acids is 1. The zero-order valence-electron chi connectivity index (χ0n) is 8.33. The molecule has 0 radical (unpaired) electrons. The number of amides is 1. The van der Waals surface area contributed by atoms with E-state index in [1.54, 1.807) is 13.8 Å². The van der Waals surface area contributed by atoms with Crippen molar-refractivity contribution in [3.05, 3.63) is 11.6 Å². The smallest absolute Gasteiger partial charge is 0.255 e. The fourth-order valence-corrected chi connectivity index (χ4v) is 0.917. The molecule has 0 unspecified atom stereocenters. The Kier molecular flexibility index (Phi) is 6.03. The van der Waals surface area contributed by atoms with E-state index < -0.39 is 18.9 Å². The van der Waals surface area contributed by atoms with E-state index in [4.69, 9.17) is 5.11 Å². The maximum Gasteiger partial charge on any atom is 0.255 e. The van der Waals surface area contributed by atoms with Crippen LogP contribution in [-0.2, 0) is 4.79 Å². The summed E-state index contributed by atoms with van der Waals surface area (Å²) in [6, 6.07) is 0. The molecule has 0 aromatic carbocycles. The molecular weight excluding hydrogens is 192 g/mol. The van der Waals surface area contributed by atoms with Crippen molar-refractivity contribution in [2.75, 3.05) is 19.7 Å². The minimum atomic E-state index is -2.57. The van der Waals surface area contributed by atoms with Crippen LogP contribution in [-0.4, -0.2) is 42.0 Å². The summed E-state index contributed by atoms with van der Waals surface area (Å²) in [6.07, 6.45) is -1.30. The Morgan fingerprint density at radius 3 is 2.43 bits per heavy atom. The third kappa shape index (κ3) is 5.64. The molecule has 0 aliphatic carbocycles. The number of aliphatic hydroxyl groups is 1. The SMILES string of the molecule is CC(C)=CC(=O)N(CCO)CC(F)F. The van der Waals surface area contributed by atoms with Gasteiger partial charge in [-0.3, -0.25) is 4.79 Å². The molecule has 5 heteroatoms. The van der Waals surface area contributed by atoms with Crippen LogP contribution in [0.5, 0.6) is 0 Å². The van der Waals surface area contributed by atoms with Crippen molar-refractivity contribution < 1.29 is 18.7 Å². The van der Waals surface area contributed by atoms with Gasteiger partial charge in [-0.05, 0) is 13.8 Å².